The van der Waals surface area contributed by atoms with Crippen molar-refractivity contribution in [3.8, 4) is 0 Å². The second-order valence-corrected chi connectivity index (χ2v) is 4.48. The minimum absolute atomic E-state index is 0.407. The number of likely N-dealkylation sites (tertiary alicyclic amines) is 1. The van der Waals surface area contributed by atoms with E-state index in [1.807, 2.05) is 0 Å². The van der Waals surface area contributed by atoms with Gasteiger partial charge in [0.25, 0.3) is 0 Å². The lowest BCUT2D eigenvalue weighted by Gasteiger charge is -2.32. The van der Waals surface area contributed by atoms with Crippen molar-refractivity contribution in [2.75, 3.05) is 26.7 Å². The first-order valence-corrected chi connectivity index (χ1v) is 5.92. The molecule has 0 aromatic rings. The van der Waals surface area contributed by atoms with Gasteiger partial charge in [-0.1, -0.05) is 12.5 Å². The molecule has 1 heterocycles. The summed E-state index contributed by atoms with van der Waals surface area (Å²) >= 11 is 0. The molecule has 0 aromatic carbocycles. The highest BCUT2D eigenvalue weighted by atomic mass is 16.4. The van der Waals surface area contributed by atoms with Crippen LogP contribution in [-0.2, 0) is 4.79 Å². The third kappa shape index (κ3) is 4.33. The van der Waals surface area contributed by atoms with Gasteiger partial charge in [0.2, 0.25) is 0 Å². The Morgan fingerprint density at radius 2 is 2.31 bits per heavy atom. The Morgan fingerprint density at radius 1 is 1.56 bits per heavy atom. The van der Waals surface area contributed by atoms with E-state index in [0.29, 0.717) is 18.2 Å². The standard InChI is InChI=1S/C12H22N2O2/c1-10(12(15)16)6-7-13-9-11-5-3-4-8-14(11)2/h6,11,13H,3-5,7-9H2,1-2H3,(H,15,16)/b10-6-. The number of carboxylic acids is 1. The topological polar surface area (TPSA) is 52.6 Å². The molecule has 2 N–H and O–H groups in total. The fourth-order valence-electron chi connectivity index (χ4n) is 1.96. The van der Waals surface area contributed by atoms with Gasteiger partial charge in [0, 0.05) is 24.7 Å². The largest absolute Gasteiger partial charge is 0.478 e. The van der Waals surface area contributed by atoms with Gasteiger partial charge in [-0.15, -0.1) is 0 Å². The lowest BCUT2D eigenvalue weighted by Crippen LogP contribution is -2.43. The molecule has 92 valence electrons. The fraction of sp³-hybridized carbons (Fsp3) is 0.750. The Morgan fingerprint density at radius 3 is 2.94 bits per heavy atom. The lowest BCUT2D eigenvalue weighted by molar-refractivity contribution is -0.132. The predicted molar refractivity (Wildman–Crippen MR) is 64.5 cm³/mol. The van der Waals surface area contributed by atoms with Crippen molar-refractivity contribution >= 4 is 5.97 Å². The van der Waals surface area contributed by atoms with Crippen molar-refractivity contribution in [2.45, 2.75) is 32.2 Å². The van der Waals surface area contributed by atoms with Crippen LogP contribution in [0.4, 0.5) is 0 Å². The number of carboxylic acid groups (broad SMARTS) is 1. The number of nitrogens with one attached hydrogen (secondary N) is 1. The van der Waals surface area contributed by atoms with E-state index >= 15 is 0 Å². The molecule has 0 aliphatic carbocycles. The molecular weight excluding hydrogens is 204 g/mol. The molecule has 1 aliphatic heterocycles. The molecule has 4 nitrogen and oxygen atoms in total. The molecule has 1 aliphatic rings. The number of likely N-dealkylation sites (N-methyl/N-ethyl adjacent to an activating group) is 1. The monoisotopic (exact) mass is 226 g/mol. The summed E-state index contributed by atoms with van der Waals surface area (Å²) in [5.41, 5.74) is 0.407. The van der Waals surface area contributed by atoms with Crippen molar-refractivity contribution in [3.63, 3.8) is 0 Å². The highest BCUT2D eigenvalue weighted by molar-refractivity contribution is 5.85. The second-order valence-electron chi connectivity index (χ2n) is 4.48. The zero-order valence-corrected chi connectivity index (χ0v) is 10.2. The number of hydrogen-bond donors (Lipinski definition) is 2. The van der Waals surface area contributed by atoms with Crippen molar-refractivity contribution < 1.29 is 9.90 Å². The van der Waals surface area contributed by atoms with Crippen molar-refractivity contribution in [1.29, 1.82) is 0 Å². The molecule has 1 saturated heterocycles. The molecule has 1 atom stereocenters. The van der Waals surface area contributed by atoms with Crippen LogP contribution in [0.3, 0.4) is 0 Å². The molecular formula is C12H22N2O2. The summed E-state index contributed by atoms with van der Waals surface area (Å²) in [7, 11) is 2.16. The highest BCUT2D eigenvalue weighted by Crippen LogP contribution is 2.13. The Balaban J connectivity index is 2.19. The van der Waals surface area contributed by atoms with Gasteiger partial charge in [-0.05, 0) is 33.4 Å². The molecule has 0 spiro atoms. The summed E-state index contributed by atoms with van der Waals surface area (Å²) < 4.78 is 0. The number of nitrogens with zero attached hydrogens (tertiary/aromatic N) is 1. The highest BCUT2D eigenvalue weighted by Gasteiger charge is 2.17. The van der Waals surface area contributed by atoms with Crippen molar-refractivity contribution in [3.05, 3.63) is 11.6 Å². The molecule has 0 saturated carbocycles. The molecule has 1 fully saturated rings. The van der Waals surface area contributed by atoms with Gasteiger partial charge >= 0.3 is 5.97 Å². The van der Waals surface area contributed by atoms with Crippen LogP contribution >= 0.6 is 0 Å². The van der Waals surface area contributed by atoms with Crippen LogP contribution in [-0.4, -0.2) is 48.7 Å². The average molecular weight is 226 g/mol. The zero-order valence-electron chi connectivity index (χ0n) is 10.2. The molecule has 0 aromatic heterocycles. The molecule has 4 heteroatoms. The first kappa shape index (κ1) is 13.2. The summed E-state index contributed by atoms with van der Waals surface area (Å²) in [6, 6.07) is 0.604. The molecule has 16 heavy (non-hydrogen) atoms. The van der Waals surface area contributed by atoms with Crippen LogP contribution in [0, 0.1) is 0 Å². The summed E-state index contributed by atoms with van der Waals surface area (Å²) in [6.07, 6.45) is 5.57. The maximum absolute atomic E-state index is 10.5. The number of piperidine rings is 1. The number of aliphatic carboxylic acids is 1. The van der Waals surface area contributed by atoms with E-state index in [0.717, 1.165) is 6.54 Å². The number of hydrogen-bond acceptors (Lipinski definition) is 3. The van der Waals surface area contributed by atoms with Crippen LogP contribution in [0.15, 0.2) is 11.6 Å². The normalized spacial score (nSPS) is 23.4. The second kappa shape index (κ2) is 6.66. The van der Waals surface area contributed by atoms with E-state index in [-0.39, 0.29) is 0 Å². The third-order valence-corrected chi connectivity index (χ3v) is 3.19. The SMILES string of the molecule is C/C(=C/CNCC1CCCCN1C)C(=O)O. The minimum Gasteiger partial charge on any atom is -0.478 e. The van der Waals surface area contributed by atoms with Crippen LogP contribution in [0.1, 0.15) is 26.2 Å². The fourth-order valence-corrected chi connectivity index (χ4v) is 1.96. The van der Waals surface area contributed by atoms with Gasteiger partial charge in [-0.25, -0.2) is 4.79 Å². The van der Waals surface area contributed by atoms with Gasteiger partial charge in [0.15, 0.2) is 0 Å². The van der Waals surface area contributed by atoms with Crippen LogP contribution in [0.2, 0.25) is 0 Å². The van der Waals surface area contributed by atoms with E-state index in [2.05, 4.69) is 17.3 Å². The Kier molecular flexibility index (Phi) is 5.49. The first-order chi connectivity index (χ1) is 7.61. The Bertz CT molecular complexity index is 264. The molecule has 0 bridgehead atoms. The Labute approximate surface area is 97.3 Å². The smallest absolute Gasteiger partial charge is 0.330 e. The van der Waals surface area contributed by atoms with E-state index in [4.69, 9.17) is 5.11 Å². The average Bonchev–Trinajstić information content (AvgIpc) is 2.26. The van der Waals surface area contributed by atoms with E-state index in [9.17, 15) is 4.79 Å². The summed E-state index contributed by atoms with van der Waals surface area (Å²) in [5, 5.41) is 12.0. The summed E-state index contributed by atoms with van der Waals surface area (Å²) in [5.74, 6) is -0.836. The summed E-state index contributed by atoms with van der Waals surface area (Å²) in [6.45, 7) is 4.38. The molecule has 0 radical (unpaired) electrons. The first-order valence-electron chi connectivity index (χ1n) is 5.92. The van der Waals surface area contributed by atoms with E-state index in [1.165, 1.54) is 25.8 Å². The maximum Gasteiger partial charge on any atom is 0.330 e. The quantitative estimate of drug-likeness (QED) is 0.544. The maximum atomic E-state index is 10.5. The van der Waals surface area contributed by atoms with Crippen LogP contribution in [0.5, 0.6) is 0 Å². The van der Waals surface area contributed by atoms with Gasteiger partial charge in [-0.3, -0.25) is 0 Å². The summed E-state index contributed by atoms with van der Waals surface area (Å²) in [4.78, 5) is 12.9. The molecule has 0 amide bonds. The lowest BCUT2D eigenvalue weighted by atomic mass is 10.0. The third-order valence-electron chi connectivity index (χ3n) is 3.19. The molecule has 1 unspecified atom stereocenters. The van der Waals surface area contributed by atoms with Gasteiger partial charge in [0.05, 0.1) is 0 Å². The van der Waals surface area contributed by atoms with Gasteiger partial charge < -0.3 is 15.3 Å². The number of carbonyl (C=O) groups is 1. The van der Waals surface area contributed by atoms with Crippen molar-refractivity contribution in [2.24, 2.45) is 0 Å². The predicted octanol–water partition coefficient (Wildman–Crippen LogP) is 1.09. The van der Waals surface area contributed by atoms with Crippen LogP contribution < -0.4 is 5.32 Å². The number of rotatable bonds is 5. The van der Waals surface area contributed by atoms with Gasteiger partial charge in [0.1, 0.15) is 0 Å². The van der Waals surface area contributed by atoms with E-state index in [1.54, 1.807) is 13.0 Å². The molecule has 1 rings (SSSR count). The zero-order chi connectivity index (χ0) is 12.0. The van der Waals surface area contributed by atoms with Gasteiger partial charge in [-0.2, -0.15) is 0 Å². The van der Waals surface area contributed by atoms with E-state index < -0.39 is 5.97 Å². The Hall–Kier alpha value is -0.870. The minimum atomic E-state index is -0.836. The van der Waals surface area contributed by atoms with Crippen molar-refractivity contribution in [1.82, 2.24) is 10.2 Å². The van der Waals surface area contributed by atoms with Crippen LogP contribution in [0.25, 0.3) is 0 Å².